The van der Waals surface area contributed by atoms with E-state index < -0.39 is 0 Å². The lowest BCUT2D eigenvalue weighted by Gasteiger charge is -2.36. The summed E-state index contributed by atoms with van der Waals surface area (Å²) in [4.78, 5) is 9.28. The fraction of sp³-hybridized carbons (Fsp3) is 0.526. The van der Waals surface area contributed by atoms with E-state index in [2.05, 4.69) is 42.4 Å². The highest BCUT2D eigenvalue weighted by molar-refractivity contribution is 5.51. The molecule has 1 aliphatic carbocycles. The van der Waals surface area contributed by atoms with Crippen molar-refractivity contribution in [2.75, 3.05) is 48.4 Å². The number of nitrogens with one attached hydrogen (secondary N) is 1. The number of piperazine rings is 1. The Hall–Kier alpha value is -2.57. The maximum atomic E-state index is 5.23. The van der Waals surface area contributed by atoms with Gasteiger partial charge in [-0.3, -0.25) is 0 Å². The number of benzene rings is 1. The molecular formula is C19H26N6O. The maximum Gasteiger partial charge on any atom is 0.247 e. The minimum atomic E-state index is 0.534. The normalized spacial score (nSPS) is 18.2. The van der Waals surface area contributed by atoms with Gasteiger partial charge in [-0.15, -0.1) is 5.10 Å². The van der Waals surface area contributed by atoms with Crippen LogP contribution in [-0.2, 0) is 0 Å². The summed E-state index contributed by atoms with van der Waals surface area (Å²) >= 11 is 0. The van der Waals surface area contributed by atoms with Gasteiger partial charge in [-0.2, -0.15) is 10.1 Å². The van der Waals surface area contributed by atoms with Gasteiger partial charge in [0.25, 0.3) is 0 Å². The zero-order valence-corrected chi connectivity index (χ0v) is 15.3. The largest absolute Gasteiger partial charge is 0.497 e. The maximum absolute atomic E-state index is 5.23. The average Bonchev–Trinajstić information content (AvgIpc) is 3.21. The molecule has 26 heavy (non-hydrogen) atoms. The number of methoxy groups -OCH3 is 1. The molecule has 0 amide bonds. The Morgan fingerprint density at radius 2 is 1.69 bits per heavy atom. The van der Waals surface area contributed by atoms with E-state index >= 15 is 0 Å². The molecule has 0 bridgehead atoms. The second-order valence-electron chi connectivity index (χ2n) is 6.94. The first-order valence-electron chi connectivity index (χ1n) is 9.42. The predicted molar refractivity (Wildman–Crippen MR) is 103 cm³/mol. The van der Waals surface area contributed by atoms with Crippen LogP contribution in [0.25, 0.3) is 0 Å². The van der Waals surface area contributed by atoms with Crippen molar-refractivity contribution in [3.05, 3.63) is 30.5 Å². The topological polar surface area (TPSA) is 66.4 Å². The van der Waals surface area contributed by atoms with Crippen LogP contribution >= 0.6 is 0 Å². The molecule has 7 heteroatoms. The summed E-state index contributed by atoms with van der Waals surface area (Å²) in [6.07, 6.45) is 6.78. The molecule has 0 atom stereocenters. The molecule has 2 aromatic rings. The van der Waals surface area contributed by atoms with Crippen LogP contribution in [0.5, 0.6) is 5.75 Å². The molecule has 1 aromatic carbocycles. The number of rotatable bonds is 5. The lowest BCUT2D eigenvalue weighted by molar-refractivity contribution is 0.415. The van der Waals surface area contributed by atoms with Crippen LogP contribution in [0.2, 0.25) is 0 Å². The lowest BCUT2D eigenvalue weighted by atomic mass is 10.2. The van der Waals surface area contributed by atoms with Gasteiger partial charge in [0.2, 0.25) is 5.95 Å². The molecule has 0 spiro atoms. The van der Waals surface area contributed by atoms with Gasteiger partial charge in [-0.1, -0.05) is 12.8 Å². The molecule has 1 N–H and O–H groups in total. The molecule has 138 valence electrons. The smallest absolute Gasteiger partial charge is 0.247 e. The van der Waals surface area contributed by atoms with Gasteiger partial charge < -0.3 is 19.9 Å². The van der Waals surface area contributed by atoms with Crippen molar-refractivity contribution in [3.63, 3.8) is 0 Å². The third-order valence-corrected chi connectivity index (χ3v) is 5.25. The Balaban J connectivity index is 1.36. The minimum Gasteiger partial charge on any atom is -0.497 e. The molecule has 1 saturated carbocycles. The first kappa shape index (κ1) is 16.9. The number of anilines is 3. The quantitative estimate of drug-likeness (QED) is 0.885. The van der Waals surface area contributed by atoms with Crippen molar-refractivity contribution in [1.82, 2.24) is 15.2 Å². The molecular weight excluding hydrogens is 328 g/mol. The predicted octanol–water partition coefficient (Wildman–Crippen LogP) is 2.56. The van der Waals surface area contributed by atoms with E-state index in [4.69, 9.17) is 4.74 Å². The molecule has 1 aliphatic heterocycles. The molecule has 2 heterocycles. The third-order valence-electron chi connectivity index (χ3n) is 5.25. The fourth-order valence-electron chi connectivity index (χ4n) is 3.73. The van der Waals surface area contributed by atoms with Crippen molar-refractivity contribution >= 4 is 17.5 Å². The van der Waals surface area contributed by atoms with Gasteiger partial charge in [0.15, 0.2) is 5.82 Å². The fourth-order valence-corrected chi connectivity index (χ4v) is 3.73. The number of aromatic nitrogens is 3. The summed E-state index contributed by atoms with van der Waals surface area (Å²) < 4.78 is 5.23. The number of hydrogen-bond donors (Lipinski definition) is 1. The monoisotopic (exact) mass is 354 g/mol. The molecule has 1 aromatic heterocycles. The van der Waals surface area contributed by atoms with E-state index in [-0.39, 0.29) is 0 Å². The van der Waals surface area contributed by atoms with Gasteiger partial charge in [0.1, 0.15) is 5.75 Å². The van der Waals surface area contributed by atoms with Crippen LogP contribution in [0.15, 0.2) is 30.5 Å². The number of hydrogen-bond acceptors (Lipinski definition) is 7. The number of nitrogens with zero attached hydrogens (tertiary/aromatic N) is 5. The van der Waals surface area contributed by atoms with Crippen molar-refractivity contribution in [3.8, 4) is 5.75 Å². The first-order valence-corrected chi connectivity index (χ1v) is 9.42. The van der Waals surface area contributed by atoms with Crippen LogP contribution in [0, 0.1) is 0 Å². The highest BCUT2D eigenvalue weighted by atomic mass is 16.5. The second kappa shape index (κ2) is 7.76. The van der Waals surface area contributed by atoms with Crippen LogP contribution < -0.4 is 19.9 Å². The minimum absolute atomic E-state index is 0.534. The van der Waals surface area contributed by atoms with E-state index in [9.17, 15) is 0 Å². The molecule has 1 saturated heterocycles. The second-order valence-corrected chi connectivity index (χ2v) is 6.94. The molecule has 7 nitrogen and oxygen atoms in total. The molecule has 4 rings (SSSR count). The highest BCUT2D eigenvalue weighted by Gasteiger charge is 2.21. The van der Waals surface area contributed by atoms with Gasteiger partial charge >= 0.3 is 0 Å². The summed E-state index contributed by atoms with van der Waals surface area (Å²) in [5, 5.41) is 11.9. The van der Waals surface area contributed by atoms with Crippen molar-refractivity contribution in [1.29, 1.82) is 0 Å². The summed E-state index contributed by atoms with van der Waals surface area (Å²) in [7, 11) is 1.69. The van der Waals surface area contributed by atoms with Crippen LogP contribution in [-0.4, -0.2) is 54.5 Å². The van der Waals surface area contributed by atoms with E-state index in [1.807, 2.05) is 12.1 Å². The standard InChI is InChI=1S/C19H26N6O/c1-26-17-8-6-16(7-9-17)24-10-12-25(13-11-24)19-22-18(14-20-23-19)21-15-4-2-3-5-15/h6-9,14-15H,2-5,10-13H2,1H3,(H,21,22,23). The van der Waals surface area contributed by atoms with Gasteiger partial charge in [-0.25, -0.2) is 0 Å². The molecule has 0 radical (unpaired) electrons. The van der Waals surface area contributed by atoms with Crippen molar-refractivity contribution < 1.29 is 4.74 Å². The SMILES string of the molecule is COc1ccc(N2CCN(c3nncc(NC4CCCC4)n3)CC2)cc1. The Morgan fingerprint density at radius 1 is 1.00 bits per heavy atom. The van der Waals surface area contributed by atoms with Gasteiger partial charge in [0, 0.05) is 37.9 Å². The average molecular weight is 354 g/mol. The third kappa shape index (κ3) is 3.81. The van der Waals surface area contributed by atoms with Crippen LogP contribution in [0.3, 0.4) is 0 Å². The van der Waals surface area contributed by atoms with E-state index in [0.29, 0.717) is 6.04 Å². The van der Waals surface area contributed by atoms with Gasteiger partial charge in [-0.05, 0) is 37.1 Å². The summed E-state index contributed by atoms with van der Waals surface area (Å²) in [6, 6.07) is 8.77. The molecule has 2 aliphatic rings. The van der Waals surface area contributed by atoms with Crippen molar-refractivity contribution in [2.24, 2.45) is 0 Å². The van der Waals surface area contributed by atoms with E-state index in [1.165, 1.54) is 31.4 Å². The Bertz CT molecular complexity index is 708. The van der Waals surface area contributed by atoms with Crippen LogP contribution in [0.4, 0.5) is 17.5 Å². The Morgan fingerprint density at radius 3 is 2.38 bits per heavy atom. The zero-order valence-electron chi connectivity index (χ0n) is 15.3. The van der Waals surface area contributed by atoms with Crippen LogP contribution in [0.1, 0.15) is 25.7 Å². The van der Waals surface area contributed by atoms with Crippen molar-refractivity contribution in [2.45, 2.75) is 31.7 Å². The highest BCUT2D eigenvalue weighted by Crippen LogP contribution is 2.23. The Kier molecular flexibility index (Phi) is 5.04. The van der Waals surface area contributed by atoms with E-state index in [1.54, 1.807) is 13.3 Å². The first-order chi connectivity index (χ1) is 12.8. The number of ether oxygens (including phenoxy) is 1. The summed E-state index contributed by atoms with van der Waals surface area (Å²) in [5.74, 6) is 2.46. The van der Waals surface area contributed by atoms with Gasteiger partial charge in [0.05, 0.1) is 13.3 Å². The lowest BCUT2D eigenvalue weighted by Crippen LogP contribution is -2.47. The molecule has 2 fully saturated rings. The van der Waals surface area contributed by atoms with E-state index in [0.717, 1.165) is 43.7 Å². The summed E-state index contributed by atoms with van der Waals surface area (Å²) in [5.41, 5.74) is 1.22. The zero-order chi connectivity index (χ0) is 17.8. The molecule has 0 unspecified atom stereocenters. The summed E-state index contributed by atoms with van der Waals surface area (Å²) in [6.45, 7) is 3.66. The Labute approximate surface area is 154 Å².